The third-order valence-electron chi connectivity index (χ3n) is 4.15. The molecule has 6 nitrogen and oxygen atoms in total. The number of fused-ring (bicyclic) bond motifs is 3. The van der Waals surface area contributed by atoms with E-state index in [9.17, 15) is 4.79 Å². The number of imidazole rings is 1. The number of rotatable bonds is 4. The molecule has 0 atom stereocenters. The van der Waals surface area contributed by atoms with Crippen LogP contribution in [0.2, 0.25) is 0 Å². The summed E-state index contributed by atoms with van der Waals surface area (Å²) < 4.78 is 2.18. The number of hydrogen-bond donors (Lipinski definition) is 1. The number of benzene rings is 1. The van der Waals surface area contributed by atoms with Gasteiger partial charge in [0.05, 0.1) is 17.6 Å². The molecule has 0 bridgehead atoms. The van der Waals surface area contributed by atoms with Crippen LogP contribution in [0.4, 0.5) is 5.82 Å². The molecule has 0 aliphatic heterocycles. The van der Waals surface area contributed by atoms with Gasteiger partial charge in [0.25, 0.3) is 0 Å². The second-order valence-corrected chi connectivity index (χ2v) is 6.62. The molecule has 2 heterocycles. The first-order valence-corrected chi connectivity index (χ1v) is 8.13. The Kier molecular flexibility index (Phi) is 4.13. The van der Waals surface area contributed by atoms with Crippen molar-refractivity contribution in [2.24, 2.45) is 5.92 Å². The maximum atomic E-state index is 11.6. The molecule has 0 saturated heterocycles. The van der Waals surface area contributed by atoms with Crippen molar-refractivity contribution >= 4 is 33.7 Å². The largest absolute Gasteiger partial charge is 0.382 e. The highest BCUT2D eigenvalue weighted by molar-refractivity contribution is 6.06. The smallest absolute Gasteiger partial charge is 0.219 e. The minimum atomic E-state index is 0.00843. The fourth-order valence-electron chi connectivity index (χ4n) is 2.91. The van der Waals surface area contributed by atoms with E-state index in [0.717, 1.165) is 28.8 Å². The van der Waals surface area contributed by atoms with Crippen LogP contribution in [0.15, 0.2) is 24.3 Å². The average molecular weight is 325 g/mol. The van der Waals surface area contributed by atoms with Gasteiger partial charge in [-0.2, -0.15) is 0 Å². The number of carbonyl (C=O) groups is 1. The zero-order chi connectivity index (χ0) is 17.4. The van der Waals surface area contributed by atoms with Crippen LogP contribution >= 0.6 is 0 Å². The second-order valence-electron chi connectivity index (χ2n) is 6.62. The van der Waals surface area contributed by atoms with Gasteiger partial charge in [-0.3, -0.25) is 4.79 Å². The number of carbonyl (C=O) groups excluding carboxylic acids is 1. The van der Waals surface area contributed by atoms with E-state index < -0.39 is 0 Å². The Morgan fingerprint density at radius 2 is 2.00 bits per heavy atom. The Hall–Kier alpha value is -2.63. The summed E-state index contributed by atoms with van der Waals surface area (Å²) in [5.74, 6) is 1.71. The summed E-state index contributed by atoms with van der Waals surface area (Å²) in [6, 6.07) is 7.95. The quantitative estimate of drug-likeness (QED) is 0.800. The minimum Gasteiger partial charge on any atom is -0.382 e. The molecule has 3 rings (SSSR count). The van der Waals surface area contributed by atoms with E-state index >= 15 is 0 Å². The number of nitrogen functional groups attached to an aromatic ring is 1. The molecule has 3 aromatic rings. The topological polar surface area (TPSA) is 77.0 Å². The molecule has 0 aliphatic carbocycles. The Balaban J connectivity index is 2.30. The van der Waals surface area contributed by atoms with Crippen LogP contribution in [0.5, 0.6) is 0 Å². The van der Waals surface area contributed by atoms with E-state index in [4.69, 9.17) is 10.7 Å². The molecule has 6 heteroatoms. The molecule has 2 N–H and O–H groups in total. The number of pyridine rings is 1. The first-order chi connectivity index (χ1) is 11.4. The maximum Gasteiger partial charge on any atom is 0.219 e. The van der Waals surface area contributed by atoms with Crippen molar-refractivity contribution in [3.05, 3.63) is 30.1 Å². The van der Waals surface area contributed by atoms with E-state index in [1.165, 1.54) is 0 Å². The second kappa shape index (κ2) is 6.11. The molecule has 126 valence electrons. The predicted molar refractivity (Wildman–Crippen MR) is 96.4 cm³/mol. The van der Waals surface area contributed by atoms with Crippen molar-refractivity contribution < 1.29 is 4.79 Å². The van der Waals surface area contributed by atoms with Gasteiger partial charge in [-0.15, -0.1) is 0 Å². The van der Waals surface area contributed by atoms with Crippen LogP contribution in [0.1, 0.15) is 26.6 Å². The summed E-state index contributed by atoms with van der Waals surface area (Å²) >= 11 is 0. The van der Waals surface area contributed by atoms with Gasteiger partial charge in [0.2, 0.25) is 5.91 Å². The molecule has 24 heavy (non-hydrogen) atoms. The lowest BCUT2D eigenvalue weighted by Crippen LogP contribution is -2.25. The highest BCUT2D eigenvalue weighted by Gasteiger charge is 2.19. The molecule has 0 fully saturated rings. The van der Waals surface area contributed by atoms with Gasteiger partial charge in [0, 0.05) is 25.9 Å². The normalized spacial score (nSPS) is 11.5. The summed E-state index contributed by atoms with van der Waals surface area (Å²) in [4.78, 5) is 22.5. The first-order valence-electron chi connectivity index (χ1n) is 8.13. The van der Waals surface area contributed by atoms with E-state index in [1.54, 1.807) is 18.9 Å². The standard InChI is InChI=1S/C18H23N5O/c1-11(2)9-23-15(10-22(4)12(3)24)21-16-17(23)13-7-5-6-8-14(13)20-18(16)19/h5-8,11H,9-10H2,1-4H3,(H2,19,20). The molecular weight excluding hydrogens is 302 g/mol. The number of para-hydroxylation sites is 1. The number of aromatic nitrogens is 3. The Labute approximate surface area is 141 Å². The van der Waals surface area contributed by atoms with Crippen molar-refractivity contribution in [2.45, 2.75) is 33.9 Å². The SMILES string of the molecule is CC(=O)N(C)Cc1nc2c(N)nc3ccccc3c2n1CC(C)C. The van der Waals surface area contributed by atoms with Gasteiger partial charge >= 0.3 is 0 Å². The average Bonchev–Trinajstić information content (AvgIpc) is 2.86. The Morgan fingerprint density at radius 3 is 2.67 bits per heavy atom. The molecule has 0 saturated carbocycles. The zero-order valence-corrected chi connectivity index (χ0v) is 14.6. The van der Waals surface area contributed by atoms with E-state index in [-0.39, 0.29) is 5.91 Å². The molecule has 0 aliphatic rings. The number of amides is 1. The lowest BCUT2D eigenvalue weighted by atomic mass is 10.1. The number of nitrogens with two attached hydrogens (primary N) is 1. The highest BCUT2D eigenvalue weighted by Crippen LogP contribution is 2.29. The molecule has 0 spiro atoms. The summed E-state index contributed by atoms with van der Waals surface area (Å²) in [5.41, 5.74) is 8.73. The molecule has 1 amide bonds. The maximum absolute atomic E-state index is 11.6. The van der Waals surface area contributed by atoms with Crippen LogP contribution < -0.4 is 5.73 Å². The van der Waals surface area contributed by atoms with Crippen LogP contribution in [-0.4, -0.2) is 32.4 Å². The van der Waals surface area contributed by atoms with Crippen molar-refractivity contribution in [1.29, 1.82) is 0 Å². The fraction of sp³-hybridized carbons (Fsp3) is 0.389. The summed E-state index contributed by atoms with van der Waals surface area (Å²) in [6.07, 6.45) is 0. The van der Waals surface area contributed by atoms with Gasteiger partial charge in [0.15, 0.2) is 5.82 Å². The number of anilines is 1. The van der Waals surface area contributed by atoms with Crippen molar-refractivity contribution in [3.8, 4) is 0 Å². The lowest BCUT2D eigenvalue weighted by molar-refractivity contribution is -0.128. The molecule has 0 radical (unpaired) electrons. The molecule has 1 aromatic carbocycles. The van der Waals surface area contributed by atoms with E-state index in [2.05, 4.69) is 23.4 Å². The minimum absolute atomic E-state index is 0.00843. The number of nitrogens with zero attached hydrogens (tertiary/aromatic N) is 4. The van der Waals surface area contributed by atoms with Gasteiger partial charge in [-0.25, -0.2) is 9.97 Å². The Morgan fingerprint density at radius 1 is 1.29 bits per heavy atom. The van der Waals surface area contributed by atoms with Gasteiger partial charge in [0.1, 0.15) is 11.3 Å². The van der Waals surface area contributed by atoms with Crippen LogP contribution in [0.3, 0.4) is 0 Å². The van der Waals surface area contributed by atoms with Gasteiger partial charge in [-0.1, -0.05) is 32.0 Å². The summed E-state index contributed by atoms with van der Waals surface area (Å²) in [7, 11) is 1.78. The van der Waals surface area contributed by atoms with Crippen LogP contribution in [-0.2, 0) is 17.9 Å². The van der Waals surface area contributed by atoms with Crippen molar-refractivity contribution in [2.75, 3.05) is 12.8 Å². The van der Waals surface area contributed by atoms with E-state index in [0.29, 0.717) is 23.8 Å². The third-order valence-corrected chi connectivity index (χ3v) is 4.15. The molecular formula is C18H23N5O. The zero-order valence-electron chi connectivity index (χ0n) is 14.6. The van der Waals surface area contributed by atoms with E-state index in [1.807, 2.05) is 24.3 Å². The Bertz CT molecular complexity index is 913. The summed E-state index contributed by atoms with van der Waals surface area (Å²) in [6.45, 7) is 7.14. The highest BCUT2D eigenvalue weighted by atomic mass is 16.2. The van der Waals surface area contributed by atoms with Crippen molar-refractivity contribution in [3.63, 3.8) is 0 Å². The third kappa shape index (κ3) is 2.79. The van der Waals surface area contributed by atoms with Gasteiger partial charge < -0.3 is 15.2 Å². The summed E-state index contributed by atoms with van der Waals surface area (Å²) in [5, 5.41) is 1.03. The number of hydrogen-bond acceptors (Lipinski definition) is 4. The first kappa shape index (κ1) is 16.2. The van der Waals surface area contributed by atoms with Crippen LogP contribution in [0, 0.1) is 5.92 Å². The monoisotopic (exact) mass is 325 g/mol. The van der Waals surface area contributed by atoms with Crippen molar-refractivity contribution in [1.82, 2.24) is 19.4 Å². The fourth-order valence-corrected chi connectivity index (χ4v) is 2.91. The van der Waals surface area contributed by atoms with Crippen LogP contribution in [0.25, 0.3) is 21.9 Å². The molecule has 0 unspecified atom stereocenters. The lowest BCUT2D eigenvalue weighted by Gasteiger charge is -2.17. The predicted octanol–water partition coefficient (Wildman–Crippen LogP) is 2.80. The molecule has 2 aromatic heterocycles. The van der Waals surface area contributed by atoms with Gasteiger partial charge in [-0.05, 0) is 12.0 Å².